The Labute approximate surface area is 207 Å². The fraction of sp³-hybridized carbons (Fsp3) is 0.565. The Kier molecular flexibility index (Phi) is 6.22. The largest absolute Gasteiger partial charge is 0.444 e. The van der Waals surface area contributed by atoms with E-state index in [4.69, 9.17) is 27.6 Å². The second kappa shape index (κ2) is 8.64. The minimum Gasteiger partial charge on any atom is -0.444 e. The molecule has 8 nitrogen and oxygen atoms in total. The number of halogens is 3. The third-order valence-electron chi connectivity index (χ3n) is 6.50. The van der Waals surface area contributed by atoms with Gasteiger partial charge in [0, 0.05) is 26.2 Å². The third kappa shape index (κ3) is 4.43. The van der Waals surface area contributed by atoms with E-state index >= 15 is 0 Å². The molecule has 0 bridgehead atoms. The number of carbonyl (C=O) groups excluding carboxylic acids is 1. The first kappa shape index (κ1) is 25.2. The van der Waals surface area contributed by atoms with Gasteiger partial charge in [-0.1, -0.05) is 0 Å². The highest BCUT2D eigenvalue weighted by molar-refractivity contribution is 7.80. The molecule has 3 fully saturated rings. The number of nitrogens with one attached hydrogen (secondary N) is 1. The summed E-state index contributed by atoms with van der Waals surface area (Å²) in [5, 5.41) is 22.1. The van der Waals surface area contributed by atoms with Crippen LogP contribution in [-0.2, 0) is 10.9 Å². The van der Waals surface area contributed by atoms with Gasteiger partial charge in [0.15, 0.2) is 5.11 Å². The van der Waals surface area contributed by atoms with E-state index in [9.17, 15) is 18.0 Å². The molecule has 1 N–H and O–H groups in total. The molecule has 2 aliphatic heterocycles. The van der Waals surface area contributed by atoms with Crippen molar-refractivity contribution in [1.29, 1.82) is 10.7 Å². The number of alkyl halides is 3. The zero-order chi connectivity index (χ0) is 25.8. The van der Waals surface area contributed by atoms with Crippen LogP contribution in [0.15, 0.2) is 18.2 Å². The summed E-state index contributed by atoms with van der Waals surface area (Å²) in [5.41, 5.74) is -2.76. The van der Waals surface area contributed by atoms with E-state index in [1.807, 2.05) is 10.0 Å². The van der Waals surface area contributed by atoms with Gasteiger partial charge in [0.2, 0.25) is 0 Å². The summed E-state index contributed by atoms with van der Waals surface area (Å²) in [6, 6.07) is 4.98. The van der Waals surface area contributed by atoms with Crippen molar-refractivity contribution < 1.29 is 22.7 Å². The standard InChI is InChI=1S/C23H27F3N6O2S/c1-21(2,3)34-20(33)29-9-11-30(12-10-29)32-19(35)31(18(28)22(32)7-4-8-22)16-6-5-15(14-27)17(13-16)23(24,25)26/h5-6,13,28H,4,7-12H2,1-3H3. The second-order valence-electron chi connectivity index (χ2n) is 9.92. The number of anilines is 1. The van der Waals surface area contributed by atoms with Crippen LogP contribution in [0.1, 0.15) is 51.2 Å². The van der Waals surface area contributed by atoms with E-state index in [0.29, 0.717) is 39.0 Å². The highest BCUT2D eigenvalue weighted by Gasteiger charge is 2.59. The van der Waals surface area contributed by atoms with Crippen molar-refractivity contribution in [2.24, 2.45) is 0 Å². The molecule has 1 amide bonds. The average molecular weight is 509 g/mol. The molecule has 0 atom stereocenters. The highest BCUT2D eigenvalue weighted by Crippen LogP contribution is 2.47. The van der Waals surface area contributed by atoms with Crippen LogP contribution in [0.2, 0.25) is 0 Å². The van der Waals surface area contributed by atoms with E-state index in [1.165, 1.54) is 11.0 Å². The van der Waals surface area contributed by atoms with Gasteiger partial charge >= 0.3 is 12.3 Å². The van der Waals surface area contributed by atoms with E-state index in [2.05, 4.69) is 0 Å². The molecule has 0 radical (unpaired) electrons. The molecule has 2 saturated heterocycles. The smallest absolute Gasteiger partial charge is 0.417 e. The Balaban J connectivity index is 1.59. The number of amidine groups is 1. The Morgan fingerprint density at radius 1 is 1.17 bits per heavy atom. The van der Waals surface area contributed by atoms with Gasteiger partial charge in [-0.3, -0.25) is 15.3 Å². The van der Waals surface area contributed by atoms with Gasteiger partial charge in [-0.25, -0.2) is 9.80 Å². The summed E-state index contributed by atoms with van der Waals surface area (Å²) in [7, 11) is 0. The summed E-state index contributed by atoms with van der Waals surface area (Å²) >= 11 is 5.72. The lowest BCUT2D eigenvalue weighted by Gasteiger charge is -2.50. The van der Waals surface area contributed by atoms with Crippen molar-refractivity contribution in [1.82, 2.24) is 14.9 Å². The number of carbonyl (C=O) groups is 1. The number of thiocarbonyl (C=S) groups is 1. The number of rotatable bonds is 2. The van der Waals surface area contributed by atoms with Gasteiger partial charge in [0.25, 0.3) is 0 Å². The zero-order valence-electron chi connectivity index (χ0n) is 19.8. The monoisotopic (exact) mass is 508 g/mol. The Hall–Kier alpha value is -2.91. The van der Waals surface area contributed by atoms with Crippen LogP contribution >= 0.6 is 12.2 Å². The van der Waals surface area contributed by atoms with Crippen molar-refractivity contribution in [3.05, 3.63) is 29.3 Å². The van der Waals surface area contributed by atoms with E-state index in [-0.39, 0.29) is 16.6 Å². The first-order valence-electron chi connectivity index (χ1n) is 11.4. The minimum absolute atomic E-state index is 0.104. The average Bonchev–Trinajstić information content (AvgIpc) is 2.98. The van der Waals surface area contributed by atoms with Crippen LogP contribution in [0.4, 0.5) is 23.7 Å². The van der Waals surface area contributed by atoms with Crippen LogP contribution in [0.25, 0.3) is 0 Å². The number of benzene rings is 1. The molecular weight excluding hydrogens is 481 g/mol. The molecule has 1 aromatic rings. The molecule has 2 heterocycles. The second-order valence-corrected chi connectivity index (χ2v) is 10.3. The van der Waals surface area contributed by atoms with E-state index in [0.717, 1.165) is 18.6 Å². The molecule has 188 valence electrons. The van der Waals surface area contributed by atoms with Crippen LogP contribution < -0.4 is 4.90 Å². The molecular formula is C23H27F3N6O2S. The lowest BCUT2D eigenvalue weighted by molar-refractivity contribution is -0.137. The van der Waals surface area contributed by atoms with Crippen molar-refractivity contribution in [3.63, 3.8) is 0 Å². The van der Waals surface area contributed by atoms with Crippen LogP contribution in [-0.4, -0.2) is 69.3 Å². The molecule has 3 aliphatic rings. The number of hydrazine groups is 1. The number of hydrogen-bond acceptors (Lipinski definition) is 6. The highest BCUT2D eigenvalue weighted by atomic mass is 32.1. The fourth-order valence-electron chi connectivity index (χ4n) is 4.68. The lowest BCUT2D eigenvalue weighted by atomic mass is 9.76. The zero-order valence-corrected chi connectivity index (χ0v) is 20.6. The number of nitriles is 1. The molecule has 12 heteroatoms. The quantitative estimate of drug-likeness (QED) is 0.595. The van der Waals surface area contributed by atoms with Gasteiger partial charge in [-0.2, -0.15) is 18.4 Å². The van der Waals surface area contributed by atoms with Gasteiger partial charge in [0.05, 0.1) is 22.9 Å². The van der Waals surface area contributed by atoms with Gasteiger partial charge in [-0.05, 0) is 70.5 Å². The molecule has 35 heavy (non-hydrogen) atoms. The molecule has 1 aliphatic carbocycles. The number of ether oxygens (including phenoxy) is 1. The number of piperazine rings is 1. The summed E-state index contributed by atoms with van der Waals surface area (Å²) in [6.45, 7) is 7.10. The fourth-order valence-corrected chi connectivity index (χ4v) is 5.17. The van der Waals surface area contributed by atoms with Gasteiger partial charge in [-0.15, -0.1) is 0 Å². The first-order chi connectivity index (χ1) is 16.3. The predicted molar refractivity (Wildman–Crippen MR) is 127 cm³/mol. The minimum atomic E-state index is -4.71. The predicted octanol–water partition coefficient (Wildman–Crippen LogP) is 4.35. The first-order valence-corrected chi connectivity index (χ1v) is 11.8. The van der Waals surface area contributed by atoms with Crippen LogP contribution in [0, 0.1) is 16.7 Å². The lowest BCUT2D eigenvalue weighted by Crippen LogP contribution is -2.64. The Morgan fingerprint density at radius 2 is 1.80 bits per heavy atom. The van der Waals surface area contributed by atoms with Gasteiger partial charge < -0.3 is 9.64 Å². The Bertz CT molecular complexity index is 1100. The van der Waals surface area contributed by atoms with Crippen molar-refractivity contribution in [2.75, 3.05) is 31.1 Å². The van der Waals surface area contributed by atoms with Crippen LogP contribution in [0.5, 0.6) is 0 Å². The van der Waals surface area contributed by atoms with Gasteiger partial charge in [0.1, 0.15) is 17.0 Å². The van der Waals surface area contributed by atoms with Crippen LogP contribution in [0.3, 0.4) is 0 Å². The molecule has 4 rings (SSSR count). The molecule has 0 unspecified atom stereocenters. The van der Waals surface area contributed by atoms with E-state index < -0.39 is 34.5 Å². The summed E-state index contributed by atoms with van der Waals surface area (Å²) in [6.07, 6.45) is -2.94. The van der Waals surface area contributed by atoms with Crippen molar-refractivity contribution >= 4 is 34.9 Å². The number of amides is 1. The van der Waals surface area contributed by atoms with E-state index in [1.54, 1.807) is 31.7 Å². The topological polar surface area (TPSA) is 86.9 Å². The number of hydrogen-bond donors (Lipinski definition) is 1. The normalized spacial score (nSPS) is 20.8. The molecule has 1 spiro atoms. The summed E-state index contributed by atoms with van der Waals surface area (Å²) in [4.78, 5) is 15.4. The molecule has 1 aromatic carbocycles. The summed E-state index contributed by atoms with van der Waals surface area (Å²) in [5.74, 6) is 0.126. The van der Waals surface area contributed by atoms with Crippen molar-refractivity contribution in [2.45, 2.75) is 57.3 Å². The maximum Gasteiger partial charge on any atom is 0.417 e. The summed E-state index contributed by atoms with van der Waals surface area (Å²) < 4.78 is 46.2. The maximum absolute atomic E-state index is 13.6. The third-order valence-corrected chi connectivity index (χ3v) is 6.86. The maximum atomic E-state index is 13.6. The molecule has 0 aromatic heterocycles. The van der Waals surface area contributed by atoms with Crippen molar-refractivity contribution in [3.8, 4) is 6.07 Å². The Morgan fingerprint density at radius 3 is 2.29 bits per heavy atom. The molecule has 1 saturated carbocycles. The SMILES string of the molecule is CC(C)(C)OC(=O)N1CCN(N2C(=S)N(c3ccc(C#N)c(C(F)(F)F)c3)C(=N)C23CCC3)CC1. The number of nitrogens with zero attached hydrogens (tertiary/aromatic N) is 5.